The molecule has 0 amide bonds. The summed E-state index contributed by atoms with van der Waals surface area (Å²) in [6.07, 6.45) is 0. The fourth-order valence-corrected chi connectivity index (χ4v) is 3.96. The van der Waals surface area contributed by atoms with Crippen molar-refractivity contribution >= 4 is 32.3 Å². The highest BCUT2D eigenvalue weighted by molar-refractivity contribution is 7.16. The average molecular weight is 286 g/mol. The second-order valence-corrected chi connectivity index (χ2v) is 5.78. The lowest BCUT2D eigenvalue weighted by molar-refractivity contribution is 0.478. The van der Waals surface area contributed by atoms with Gasteiger partial charge in [-0.05, 0) is 20.8 Å². The van der Waals surface area contributed by atoms with E-state index >= 15 is 0 Å². The van der Waals surface area contributed by atoms with Crippen LogP contribution in [0.1, 0.15) is 19.4 Å². The molecule has 20 heavy (non-hydrogen) atoms. The maximum atomic E-state index is 10.4. The summed E-state index contributed by atoms with van der Waals surface area (Å²) in [5.74, 6) is 0.389. The third-order valence-corrected chi connectivity index (χ3v) is 4.89. The lowest BCUT2D eigenvalue weighted by Gasteiger charge is -2.09. The van der Waals surface area contributed by atoms with E-state index in [1.807, 2.05) is 32.0 Å². The van der Waals surface area contributed by atoms with Gasteiger partial charge in [-0.1, -0.05) is 35.6 Å². The van der Waals surface area contributed by atoms with Crippen molar-refractivity contribution in [1.29, 1.82) is 0 Å². The molecule has 0 spiro atoms. The summed E-state index contributed by atoms with van der Waals surface area (Å²) < 4.78 is 3.38. The fourth-order valence-electron chi connectivity index (χ4n) is 2.69. The van der Waals surface area contributed by atoms with Crippen molar-refractivity contribution < 1.29 is 5.11 Å². The normalized spacial score (nSPS) is 12.7. The first-order valence-electron chi connectivity index (χ1n) is 6.93. The molecule has 1 N–H and O–H groups in total. The molecule has 3 aromatic rings. The number of aryl methyl sites for hydroxylation is 2. The van der Waals surface area contributed by atoms with Crippen LogP contribution >= 0.6 is 11.3 Å². The minimum atomic E-state index is 0.389. The monoisotopic (exact) mass is 286 g/mol. The van der Waals surface area contributed by atoms with E-state index in [-0.39, 0.29) is 0 Å². The van der Waals surface area contributed by atoms with Gasteiger partial charge in [-0.25, -0.2) is 0 Å². The topological polar surface area (TPSA) is 37.5 Å². The highest BCUT2D eigenvalue weighted by atomic mass is 32.1. The van der Waals surface area contributed by atoms with Gasteiger partial charge in [0.2, 0.25) is 0 Å². The second kappa shape index (κ2) is 4.94. The zero-order chi connectivity index (χ0) is 14.3. The van der Waals surface area contributed by atoms with E-state index in [4.69, 9.17) is 0 Å². The SMILES string of the molecule is CCN=c1sc2c(C)c(O)c3ccccc3c2n1CC. The van der Waals surface area contributed by atoms with Gasteiger partial charge in [0.15, 0.2) is 4.80 Å². The van der Waals surface area contributed by atoms with Crippen molar-refractivity contribution in [3.8, 4) is 5.75 Å². The van der Waals surface area contributed by atoms with Gasteiger partial charge in [0.1, 0.15) is 5.75 Å². The van der Waals surface area contributed by atoms with Crippen LogP contribution in [0.4, 0.5) is 0 Å². The zero-order valence-corrected chi connectivity index (χ0v) is 12.8. The van der Waals surface area contributed by atoms with Gasteiger partial charge in [-0.15, -0.1) is 0 Å². The van der Waals surface area contributed by atoms with E-state index in [1.165, 1.54) is 5.52 Å². The molecule has 3 rings (SSSR count). The first-order chi connectivity index (χ1) is 9.69. The van der Waals surface area contributed by atoms with Crippen LogP contribution in [0.3, 0.4) is 0 Å². The third-order valence-electron chi connectivity index (χ3n) is 3.65. The molecule has 104 valence electrons. The molecule has 0 radical (unpaired) electrons. The van der Waals surface area contributed by atoms with Gasteiger partial charge < -0.3 is 9.67 Å². The van der Waals surface area contributed by atoms with Crippen LogP contribution < -0.4 is 4.80 Å². The molecule has 0 aliphatic heterocycles. The Morgan fingerprint density at radius 1 is 1.20 bits per heavy atom. The zero-order valence-electron chi connectivity index (χ0n) is 12.0. The van der Waals surface area contributed by atoms with Crippen molar-refractivity contribution in [1.82, 2.24) is 4.57 Å². The first kappa shape index (κ1) is 13.2. The van der Waals surface area contributed by atoms with E-state index < -0.39 is 0 Å². The van der Waals surface area contributed by atoms with Crippen molar-refractivity contribution in [2.75, 3.05) is 6.54 Å². The van der Waals surface area contributed by atoms with Gasteiger partial charge in [-0.2, -0.15) is 0 Å². The van der Waals surface area contributed by atoms with Crippen LogP contribution in [0, 0.1) is 6.92 Å². The molecule has 4 heteroatoms. The number of fused-ring (bicyclic) bond motifs is 3. The van der Waals surface area contributed by atoms with Gasteiger partial charge in [0.25, 0.3) is 0 Å². The summed E-state index contributed by atoms with van der Waals surface area (Å²) in [7, 11) is 0. The molecule has 0 aliphatic carbocycles. The predicted molar refractivity (Wildman–Crippen MR) is 85.5 cm³/mol. The number of phenolic OH excluding ortho intramolecular Hbond substituents is 1. The molecule has 0 fully saturated rings. The molecule has 1 aromatic heterocycles. The fraction of sp³-hybridized carbons (Fsp3) is 0.312. The maximum Gasteiger partial charge on any atom is 0.185 e. The van der Waals surface area contributed by atoms with Crippen LogP contribution in [-0.2, 0) is 6.54 Å². The minimum Gasteiger partial charge on any atom is -0.507 e. The molecule has 0 saturated heterocycles. The molecule has 0 unspecified atom stereocenters. The Bertz CT molecular complexity index is 858. The molecule has 0 saturated carbocycles. The summed E-state index contributed by atoms with van der Waals surface area (Å²) in [5.41, 5.74) is 2.14. The smallest absolute Gasteiger partial charge is 0.185 e. The number of hydrogen-bond acceptors (Lipinski definition) is 3. The Hall–Kier alpha value is -1.81. The first-order valence-corrected chi connectivity index (χ1v) is 7.74. The van der Waals surface area contributed by atoms with E-state index in [0.29, 0.717) is 5.75 Å². The number of aromatic nitrogens is 1. The summed E-state index contributed by atoms with van der Waals surface area (Å²) in [5, 5.41) is 12.4. The van der Waals surface area contributed by atoms with Crippen LogP contribution in [0.15, 0.2) is 29.3 Å². The summed E-state index contributed by atoms with van der Waals surface area (Å²) in [6.45, 7) is 7.82. The van der Waals surface area contributed by atoms with E-state index in [1.54, 1.807) is 11.3 Å². The van der Waals surface area contributed by atoms with E-state index in [9.17, 15) is 5.11 Å². The third kappa shape index (κ3) is 1.75. The average Bonchev–Trinajstić information content (AvgIpc) is 2.84. The Kier molecular flexibility index (Phi) is 3.26. The van der Waals surface area contributed by atoms with Crippen LogP contribution in [0.2, 0.25) is 0 Å². The molecule has 2 aromatic carbocycles. The number of aromatic hydroxyl groups is 1. The standard InChI is InChI=1S/C16H18N2OS/c1-4-17-16-18(5-2)13-11-8-6-7-9-12(11)14(19)10(3)15(13)20-16/h6-9,19H,4-5H2,1-3H3. The second-order valence-electron chi connectivity index (χ2n) is 4.80. The Morgan fingerprint density at radius 3 is 2.55 bits per heavy atom. The molecule has 0 bridgehead atoms. The number of phenols is 1. The number of benzene rings is 2. The number of hydrogen-bond donors (Lipinski definition) is 1. The van der Waals surface area contributed by atoms with Gasteiger partial charge in [0.05, 0.1) is 10.2 Å². The largest absolute Gasteiger partial charge is 0.507 e. The summed E-state index contributed by atoms with van der Waals surface area (Å²) in [4.78, 5) is 5.62. The summed E-state index contributed by atoms with van der Waals surface area (Å²) in [6, 6.07) is 8.04. The Morgan fingerprint density at radius 2 is 1.90 bits per heavy atom. The van der Waals surface area contributed by atoms with Crippen LogP contribution in [-0.4, -0.2) is 16.2 Å². The quantitative estimate of drug-likeness (QED) is 0.764. The highest BCUT2D eigenvalue weighted by Gasteiger charge is 2.15. The van der Waals surface area contributed by atoms with E-state index in [0.717, 1.165) is 38.9 Å². The molecule has 1 heterocycles. The Balaban J connectivity index is 2.63. The number of thiazole rings is 1. The molecular formula is C16H18N2OS. The highest BCUT2D eigenvalue weighted by Crippen LogP contribution is 2.37. The van der Waals surface area contributed by atoms with Crippen molar-refractivity contribution in [2.24, 2.45) is 4.99 Å². The number of nitrogens with zero attached hydrogens (tertiary/aromatic N) is 2. The lowest BCUT2D eigenvalue weighted by Crippen LogP contribution is -2.13. The van der Waals surface area contributed by atoms with E-state index in [2.05, 4.69) is 22.5 Å². The van der Waals surface area contributed by atoms with Crippen molar-refractivity contribution in [3.63, 3.8) is 0 Å². The maximum absolute atomic E-state index is 10.4. The van der Waals surface area contributed by atoms with Crippen molar-refractivity contribution in [3.05, 3.63) is 34.6 Å². The summed E-state index contributed by atoms with van der Waals surface area (Å²) >= 11 is 1.66. The van der Waals surface area contributed by atoms with Gasteiger partial charge in [-0.3, -0.25) is 4.99 Å². The predicted octanol–water partition coefficient (Wildman–Crippen LogP) is 3.81. The van der Waals surface area contributed by atoms with Gasteiger partial charge in [0, 0.05) is 29.4 Å². The lowest BCUT2D eigenvalue weighted by atomic mass is 10.0. The van der Waals surface area contributed by atoms with Crippen LogP contribution in [0.25, 0.3) is 21.0 Å². The molecule has 0 atom stereocenters. The molecular weight excluding hydrogens is 268 g/mol. The minimum absolute atomic E-state index is 0.389. The number of rotatable bonds is 2. The van der Waals surface area contributed by atoms with Gasteiger partial charge >= 0.3 is 0 Å². The molecule has 0 aliphatic rings. The van der Waals surface area contributed by atoms with Crippen molar-refractivity contribution in [2.45, 2.75) is 27.3 Å². The molecule has 3 nitrogen and oxygen atoms in total. The Labute approximate surface area is 121 Å². The van der Waals surface area contributed by atoms with Crippen LogP contribution in [0.5, 0.6) is 5.75 Å².